The third-order valence-corrected chi connectivity index (χ3v) is 4.47. The Hall–Kier alpha value is -2.70. The van der Waals surface area contributed by atoms with Crippen LogP contribution in [0.4, 0.5) is 11.6 Å². The zero-order valence-electron chi connectivity index (χ0n) is 13.1. The van der Waals surface area contributed by atoms with Crippen LogP contribution in [0.3, 0.4) is 0 Å². The van der Waals surface area contributed by atoms with Crippen molar-refractivity contribution in [3.05, 3.63) is 36.4 Å². The van der Waals surface area contributed by atoms with E-state index in [1.165, 1.54) is 0 Å². The van der Waals surface area contributed by atoms with Gasteiger partial charge in [0.2, 0.25) is 0 Å². The standard InChI is InChI=1S/C16H19N7/c1-22-16-12(15(17)21-22)4-5-13(20-16)11-3-2-8-23(9-11)14-6-7-18-10-19-14/h4-7,10-11H,2-3,8-9H2,1H3,(H2,17,21)/t11-/m0/s1. The lowest BCUT2D eigenvalue weighted by atomic mass is 9.94. The lowest BCUT2D eigenvalue weighted by Crippen LogP contribution is -2.35. The van der Waals surface area contributed by atoms with Gasteiger partial charge in [-0.2, -0.15) is 5.10 Å². The van der Waals surface area contributed by atoms with Crippen molar-refractivity contribution in [3.63, 3.8) is 0 Å². The average Bonchev–Trinajstić information content (AvgIpc) is 2.90. The largest absolute Gasteiger partial charge is 0.382 e. The molecule has 0 aliphatic carbocycles. The number of rotatable bonds is 2. The van der Waals surface area contributed by atoms with E-state index in [4.69, 9.17) is 10.7 Å². The molecule has 4 rings (SSSR count). The average molecular weight is 309 g/mol. The van der Waals surface area contributed by atoms with Crippen LogP contribution in [0, 0.1) is 0 Å². The van der Waals surface area contributed by atoms with Crippen LogP contribution in [0.1, 0.15) is 24.5 Å². The Morgan fingerprint density at radius 2 is 2.17 bits per heavy atom. The summed E-state index contributed by atoms with van der Waals surface area (Å²) in [5, 5.41) is 5.16. The maximum atomic E-state index is 5.91. The molecule has 4 heterocycles. The lowest BCUT2D eigenvalue weighted by molar-refractivity contribution is 0.499. The van der Waals surface area contributed by atoms with Gasteiger partial charge in [0.25, 0.3) is 0 Å². The Bertz CT molecular complexity index is 827. The van der Waals surface area contributed by atoms with Crippen molar-refractivity contribution < 1.29 is 0 Å². The summed E-state index contributed by atoms with van der Waals surface area (Å²) in [6.07, 6.45) is 5.64. The fraction of sp³-hybridized carbons (Fsp3) is 0.375. The van der Waals surface area contributed by atoms with Crippen LogP contribution in [-0.2, 0) is 7.05 Å². The molecular weight excluding hydrogens is 290 g/mol. The minimum atomic E-state index is 0.388. The van der Waals surface area contributed by atoms with E-state index in [9.17, 15) is 0 Å². The Morgan fingerprint density at radius 1 is 1.26 bits per heavy atom. The molecule has 1 aliphatic heterocycles. The molecule has 1 saturated heterocycles. The predicted molar refractivity (Wildman–Crippen MR) is 89.1 cm³/mol. The molecule has 0 radical (unpaired) electrons. The fourth-order valence-corrected chi connectivity index (χ4v) is 3.30. The van der Waals surface area contributed by atoms with Crippen molar-refractivity contribution in [2.24, 2.45) is 7.05 Å². The van der Waals surface area contributed by atoms with Gasteiger partial charge >= 0.3 is 0 Å². The summed E-state index contributed by atoms with van der Waals surface area (Å²) in [4.78, 5) is 15.5. The molecule has 1 aliphatic rings. The van der Waals surface area contributed by atoms with Crippen LogP contribution in [0.5, 0.6) is 0 Å². The number of nitrogen functional groups attached to an aromatic ring is 1. The molecule has 0 saturated carbocycles. The highest BCUT2D eigenvalue weighted by atomic mass is 15.3. The topological polar surface area (TPSA) is 85.8 Å². The summed E-state index contributed by atoms with van der Waals surface area (Å²) in [7, 11) is 1.88. The van der Waals surface area contributed by atoms with Gasteiger partial charge in [-0.15, -0.1) is 0 Å². The van der Waals surface area contributed by atoms with Gasteiger partial charge in [-0.25, -0.2) is 19.6 Å². The van der Waals surface area contributed by atoms with Crippen LogP contribution in [0.25, 0.3) is 11.0 Å². The molecule has 0 bridgehead atoms. The molecule has 3 aromatic rings. The van der Waals surface area contributed by atoms with Gasteiger partial charge in [-0.05, 0) is 31.0 Å². The van der Waals surface area contributed by atoms with E-state index in [1.807, 2.05) is 19.2 Å². The van der Waals surface area contributed by atoms with Crippen LogP contribution in [0.15, 0.2) is 30.7 Å². The lowest BCUT2D eigenvalue weighted by Gasteiger charge is -2.33. The van der Waals surface area contributed by atoms with Gasteiger partial charge in [0.15, 0.2) is 11.5 Å². The quantitative estimate of drug-likeness (QED) is 0.776. The highest BCUT2D eigenvalue weighted by Crippen LogP contribution is 2.29. The minimum Gasteiger partial charge on any atom is -0.382 e. The highest BCUT2D eigenvalue weighted by Gasteiger charge is 2.24. The van der Waals surface area contributed by atoms with E-state index in [-0.39, 0.29) is 0 Å². The van der Waals surface area contributed by atoms with Gasteiger partial charge < -0.3 is 10.6 Å². The Balaban J connectivity index is 1.63. The molecule has 0 spiro atoms. The first kappa shape index (κ1) is 13.9. The Morgan fingerprint density at radius 3 is 3.00 bits per heavy atom. The van der Waals surface area contributed by atoms with Crippen LogP contribution < -0.4 is 10.6 Å². The molecule has 118 valence electrons. The van der Waals surface area contributed by atoms with Gasteiger partial charge in [-0.1, -0.05) is 0 Å². The molecule has 0 amide bonds. The SMILES string of the molecule is Cn1nc(N)c2ccc([C@H]3CCCN(c4ccncn4)C3)nc21. The van der Waals surface area contributed by atoms with E-state index in [1.54, 1.807) is 17.2 Å². The Labute approximate surface area is 134 Å². The number of aromatic nitrogens is 5. The summed E-state index contributed by atoms with van der Waals surface area (Å²) in [6.45, 7) is 1.94. The Kier molecular flexibility index (Phi) is 3.33. The molecule has 7 nitrogen and oxygen atoms in total. The van der Waals surface area contributed by atoms with Gasteiger partial charge in [0.1, 0.15) is 12.1 Å². The zero-order valence-corrected chi connectivity index (χ0v) is 13.1. The summed E-state index contributed by atoms with van der Waals surface area (Å²) < 4.78 is 1.75. The second-order valence-electron chi connectivity index (χ2n) is 5.97. The number of anilines is 2. The smallest absolute Gasteiger partial charge is 0.159 e. The molecular formula is C16H19N7. The highest BCUT2D eigenvalue weighted by molar-refractivity contribution is 5.86. The van der Waals surface area contributed by atoms with E-state index in [0.29, 0.717) is 11.7 Å². The maximum absolute atomic E-state index is 5.91. The number of pyridine rings is 1. The van der Waals surface area contributed by atoms with Crippen molar-refractivity contribution in [1.82, 2.24) is 24.7 Å². The van der Waals surface area contributed by atoms with Gasteiger partial charge in [-0.3, -0.25) is 0 Å². The second-order valence-corrected chi connectivity index (χ2v) is 5.97. The third-order valence-electron chi connectivity index (χ3n) is 4.47. The minimum absolute atomic E-state index is 0.388. The number of fused-ring (bicyclic) bond motifs is 1. The van der Waals surface area contributed by atoms with Crippen molar-refractivity contribution >= 4 is 22.7 Å². The molecule has 1 fully saturated rings. The van der Waals surface area contributed by atoms with Gasteiger partial charge in [0, 0.05) is 37.9 Å². The van der Waals surface area contributed by atoms with E-state index >= 15 is 0 Å². The summed E-state index contributed by atoms with van der Waals surface area (Å²) >= 11 is 0. The first-order valence-electron chi connectivity index (χ1n) is 7.82. The normalized spacial score (nSPS) is 18.5. The number of nitrogens with two attached hydrogens (primary N) is 1. The van der Waals surface area contributed by atoms with Crippen LogP contribution in [-0.4, -0.2) is 37.8 Å². The van der Waals surface area contributed by atoms with Crippen molar-refractivity contribution in [2.45, 2.75) is 18.8 Å². The molecule has 23 heavy (non-hydrogen) atoms. The van der Waals surface area contributed by atoms with Gasteiger partial charge in [0.05, 0.1) is 5.39 Å². The van der Waals surface area contributed by atoms with Crippen LogP contribution >= 0.6 is 0 Å². The number of aryl methyl sites for hydroxylation is 1. The van der Waals surface area contributed by atoms with E-state index in [2.05, 4.69) is 26.0 Å². The van der Waals surface area contributed by atoms with Crippen molar-refractivity contribution in [3.8, 4) is 0 Å². The summed E-state index contributed by atoms with van der Waals surface area (Å²) in [6, 6.07) is 6.07. The van der Waals surface area contributed by atoms with E-state index < -0.39 is 0 Å². The maximum Gasteiger partial charge on any atom is 0.159 e. The molecule has 2 N–H and O–H groups in total. The first-order valence-corrected chi connectivity index (χ1v) is 7.82. The molecule has 0 unspecified atom stereocenters. The zero-order chi connectivity index (χ0) is 15.8. The van der Waals surface area contributed by atoms with Crippen LogP contribution in [0.2, 0.25) is 0 Å². The van der Waals surface area contributed by atoms with E-state index in [0.717, 1.165) is 48.5 Å². The number of hydrogen-bond acceptors (Lipinski definition) is 6. The number of nitrogens with zero attached hydrogens (tertiary/aromatic N) is 6. The predicted octanol–water partition coefficient (Wildman–Crippen LogP) is 1.72. The second kappa shape index (κ2) is 5.49. The summed E-state index contributed by atoms with van der Waals surface area (Å²) in [5.41, 5.74) is 7.85. The molecule has 0 aromatic carbocycles. The van der Waals surface area contributed by atoms with Crippen molar-refractivity contribution in [2.75, 3.05) is 23.7 Å². The molecule has 3 aromatic heterocycles. The third kappa shape index (κ3) is 2.48. The number of piperidine rings is 1. The molecule has 1 atom stereocenters. The molecule has 7 heteroatoms. The fourth-order valence-electron chi connectivity index (χ4n) is 3.30. The number of hydrogen-bond donors (Lipinski definition) is 1. The van der Waals surface area contributed by atoms with Crippen molar-refractivity contribution in [1.29, 1.82) is 0 Å². The first-order chi connectivity index (χ1) is 11.2. The summed E-state index contributed by atoms with van der Waals surface area (Å²) in [5.74, 6) is 1.91. The monoisotopic (exact) mass is 309 g/mol.